The molecule has 3 rings (SSSR count). The summed E-state index contributed by atoms with van der Waals surface area (Å²) >= 11 is 4.58. The molecule has 1 atom stereocenters. The molecule has 3 aromatic rings. The van der Waals surface area contributed by atoms with Crippen LogP contribution < -0.4 is 5.32 Å². The molecule has 0 saturated heterocycles. The number of ether oxygens (including phenoxy) is 1. The van der Waals surface area contributed by atoms with Crippen molar-refractivity contribution in [1.82, 2.24) is 5.32 Å². The topological polar surface area (TPSA) is 72.5 Å². The van der Waals surface area contributed by atoms with Crippen molar-refractivity contribution in [3.05, 3.63) is 68.8 Å². The largest absolute Gasteiger partial charge is 0.456 e. The van der Waals surface area contributed by atoms with Crippen LogP contribution in [0.4, 0.5) is 0 Å². The molecule has 1 aromatic heterocycles. The smallest absolute Gasteiger partial charge is 0.329 e. The summed E-state index contributed by atoms with van der Waals surface area (Å²) in [6.45, 7) is 3.29. The molecule has 0 aliphatic carbocycles. The second-order valence-corrected chi connectivity index (χ2v) is 9.70. The molecule has 1 amide bonds. The Morgan fingerprint density at radius 2 is 1.77 bits per heavy atom. The number of carbonyl (C=O) groups is 3. The highest BCUT2D eigenvalue weighted by Crippen LogP contribution is 2.22. The van der Waals surface area contributed by atoms with E-state index in [0.717, 1.165) is 20.1 Å². The predicted octanol–water partition coefficient (Wildman–Crippen LogP) is 4.77. The van der Waals surface area contributed by atoms with Crippen molar-refractivity contribution >= 4 is 55.7 Å². The molecule has 0 saturated carbocycles. The zero-order valence-electron chi connectivity index (χ0n) is 16.7. The molecular weight excluding hydrogens is 466 g/mol. The minimum absolute atomic E-state index is 0.153. The average Bonchev–Trinajstić information content (AvgIpc) is 3.16. The second-order valence-electron chi connectivity index (χ2n) is 7.24. The van der Waals surface area contributed by atoms with Crippen molar-refractivity contribution in [2.75, 3.05) is 6.61 Å². The first-order valence-corrected chi connectivity index (χ1v) is 11.2. The van der Waals surface area contributed by atoms with Gasteiger partial charge in [0, 0.05) is 0 Å². The summed E-state index contributed by atoms with van der Waals surface area (Å²) in [7, 11) is 0. The number of Topliss-reactive ketones (excluding diaryl/α,β-unsaturated/α-hetero) is 1. The van der Waals surface area contributed by atoms with E-state index in [2.05, 4.69) is 21.2 Å². The number of halogens is 1. The highest BCUT2D eigenvalue weighted by Gasteiger charge is 2.26. The fraction of sp³-hybridized carbons (Fsp3) is 0.261. The number of esters is 1. The maximum atomic E-state index is 12.6. The number of hydrogen-bond donors (Lipinski definition) is 1. The highest BCUT2D eigenvalue weighted by molar-refractivity contribution is 9.11. The van der Waals surface area contributed by atoms with Gasteiger partial charge in [0.2, 0.25) is 11.7 Å². The normalized spacial score (nSPS) is 12.0. The van der Waals surface area contributed by atoms with Crippen LogP contribution in [0.15, 0.2) is 58.4 Å². The number of nitrogens with one attached hydrogen (secondary N) is 1. The summed E-state index contributed by atoms with van der Waals surface area (Å²) in [5.74, 6) is -1.33. The molecule has 0 spiro atoms. The Bertz CT molecular complexity index is 1070. The van der Waals surface area contributed by atoms with Crippen molar-refractivity contribution in [1.29, 1.82) is 0 Å². The number of rotatable bonds is 8. The standard InChI is InChI=1S/C23H22BrNO4S/c1-14(2)22(23(28)29-13-18(26)19-10-11-20(24)30-19)25-21(27)12-16-8-5-7-15-6-3-4-9-17(15)16/h3-11,14,22H,12-13H2,1-2H3,(H,25,27)/t22-/m1/s1. The number of amides is 1. The molecule has 5 nitrogen and oxygen atoms in total. The van der Waals surface area contributed by atoms with Gasteiger partial charge in [-0.25, -0.2) is 4.79 Å². The van der Waals surface area contributed by atoms with Crippen LogP contribution in [0.5, 0.6) is 0 Å². The Morgan fingerprint density at radius 3 is 2.47 bits per heavy atom. The van der Waals surface area contributed by atoms with Crippen LogP contribution in [0.1, 0.15) is 29.1 Å². The van der Waals surface area contributed by atoms with Crippen LogP contribution >= 0.6 is 27.3 Å². The third kappa shape index (κ3) is 5.55. The first-order chi connectivity index (χ1) is 14.3. The number of carbonyl (C=O) groups excluding carboxylic acids is 3. The van der Waals surface area contributed by atoms with Gasteiger partial charge in [0.1, 0.15) is 6.04 Å². The first kappa shape index (κ1) is 22.2. The lowest BCUT2D eigenvalue weighted by Crippen LogP contribution is -2.46. The van der Waals surface area contributed by atoms with E-state index in [1.165, 1.54) is 11.3 Å². The van der Waals surface area contributed by atoms with E-state index >= 15 is 0 Å². The fourth-order valence-corrected chi connectivity index (χ4v) is 4.41. The van der Waals surface area contributed by atoms with E-state index in [1.54, 1.807) is 12.1 Å². The fourth-order valence-electron chi connectivity index (χ4n) is 3.10. The van der Waals surface area contributed by atoms with E-state index in [0.29, 0.717) is 4.88 Å². The van der Waals surface area contributed by atoms with E-state index in [1.807, 2.05) is 56.3 Å². The lowest BCUT2D eigenvalue weighted by Gasteiger charge is -2.21. The molecule has 7 heteroatoms. The molecule has 1 N–H and O–H groups in total. The van der Waals surface area contributed by atoms with Gasteiger partial charge >= 0.3 is 5.97 Å². The minimum atomic E-state index is -0.824. The Hall–Kier alpha value is -2.51. The van der Waals surface area contributed by atoms with Gasteiger partial charge in [-0.3, -0.25) is 9.59 Å². The zero-order chi connectivity index (χ0) is 21.7. The van der Waals surface area contributed by atoms with E-state index < -0.39 is 12.0 Å². The van der Waals surface area contributed by atoms with Gasteiger partial charge in [0.05, 0.1) is 15.1 Å². The third-order valence-electron chi connectivity index (χ3n) is 4.66. The molecule has 156 valence electrons. The Kier molecular flexibility index (Phi) is 7.39. The summed E-state index contributed by atoms with van der Waals surface area (Å²) in [5.41, 5.74) is 0.889. The summed E-state index contributed by atoms with van der Waals surface area (Å²) in [6.07, 6.45) is 0.153. The van der Waals surface area contributed by atoms with Gasteiger partial charge < -0.3 is 10.1 Å². The van der Waals surface area contributed by atoms with Crippen LogP contribution in [0, 0.1) is 5.92 Å². The molecule has 30 heavy (non-hydrogen) atoms. The number of hydrogen-bond acceptors (Lipinski definition) is 5. The second kappa shape index (κ2) is 10.00. The average molecular weight is 488 g/mol. The maximum Gasteiger partial charge on any atom is 0.329 e. The van der Waals surface area contributed by atoms with Crippen molar-refractivity contribution < 1.29 is 19.1 Å². The van der Waals surface area contributed by atoms with Gasteiger partial charge in [-0.1, -0.05) is 56.3 Å². The molecule has 2 aromatic carbocycles. The first-order valence-electron chi connectivity index (χ1n) is 9.56. The van der Waals surface area contributed by atoms with Crippen LogP contribution in [0.25, 0.3) is 10.8 Å². The van der Waals surface area contributed by atoms with Gasteiger partial charge in [0.15, 0.2) is 6.61 Å². The molecule has 0 radical (unpaired) electrons. The minimum Gasteiger partial charge on any atom is -0.456 e. The van der Waals surface area contributed by atoms with Crippen molar-refractivity contribution in [2.45, 2.75) is 26.3 Å². The van der Waals surface area contributed by atoms with Gasteiger partial charge in [-0.05, 0) is 50.3 Å². The van der Waals surface area contributed by atoms with Crippen molar-refractivity contribution in [3.63, 3.8) is 0 Å². The summed E-state index contributed by atoms with van der Waals surface area (Å²) in [6, 6.07) is 16.3. The van der Waals surface area contributed by atoms with Gasteiger partial charge in [-0.15, -0.1) is 11.3 Å². The molecule has 0 fully saturated rings. The number of fused-ring (bicyclic) bond motifs is 1. The van der Waals surface area contributed by atoms with Crippen molar-refractivity contribution in [3.8, 4) is 0 Å². The highest BCUT2D eigenvalue weighted by atomic mass is 79.9. The SMILES string of the molecule is CC(C)[C@@H](NC(=O)Cc1cccc2ccccc12)C(=O)OCC(=O)c1ccc(Br)s1. The Morgan fingerprint density at radius 1 is 1.03 bits per heavy atom. The van der Waals surface area contributed by atoms with Crippen LogP contribution in [0.3, 0.4) is 0 Å². The summed E-state index contributed by atoms with van der Waals surface area (Å²) in [4.78, 5) is 37.9. The zero-order valence-corrected chi connectivity index (χ0v) is 19.1. The quantitative estimate of drug-likeness (QED) is 0.366. The molecular formula is C23H22BrNO4S. The number of benzene rings is 2. The molecule has 1 heterocycles. The van der Waals surface area contributed by atoms with Crippen LogP contribution in [-0.2, 0) is 20.7 Å². The molecule has 0 aliphatic rings. The summed E-state index contributed by atoms with van der Waals surface area (Å²) in [5, 5.41) is 4.83. The van der Waals surface area contributed by atoms with Gasteiger partial charge in [-0.2, -0.15) is 0 Å². The molecule has 0 bridgehead atoms. The Labute approximate surface area is 187 Å². The van der Waals surface area contributed by atoms with Crippen LogP contribution in [0.2, 0.25) is 0 Å². The lowest BCUT2D eigenvalue weighted by molar-refractivity contribution is -0.148. The van der Waals surface area contributed by atoms with E-state index in [9.17, 15) is 14.4 Å². The Balaban J connectivity index is 1.62. The monoisotopic (exact) mass is 487 g/mol. The number of ketones is 1. The van der Waals surface area contributed by atoms with Crippen LogP contribution in [-0.4, -0.2) is 30.3 Å². The third-order valence-corrected chi connectivity index (χ3v) is 6.33. The number of thiophene rings is 1. The van der Waals surface area contributed by atoms with E-state index in [4.69, 9.17) is 4.74 Å². The summed E-state index contributed by atoms with van der Waals surface area (Å²) < 4.78 is 6.03. The maximum absolute atomic E-state index is 12.6. The lowest BCUT2D eigenvalue weighted by atomic mass is 10.0. The van der Waals surface area contributed by atoms with Gasteiger partial charge in [0.25, 0.3) is 0 Å². The van der Waals surface area contributed by atoms with E-state index in [-0.39, 0.29) is 30.6 Å². The van der Waals surface area contributed by atoms with Crippen molar-refractivity contribution in [2.24, 2.45) is 5.92 Å². The molecule has 0 aliphatic heterocycles. The predicted molar refractivity (Wildman–Crippen MR) is 122 cm³/mol. The molecule has 0 unspecified atom stereocenters.